The van der Waals surface area contributed by atoms with Crippen molar-refractivity contribution < 1.29 is 4.42 Å². The Morgan fingerprint density at radius 2 is 0.779 bits per heavy atom. The fourth-order valence-corrected chi connectivity index (χ4v) is 10.6. The van der Waals surface area contributed by atoms with E-state index in [9.17, 15) is 0 Å². The summed E-state index contributed by atoms with van der Waals surface area (Å²) >= 11 is 0. The summed E-state index contributed by atoms with van der Waals surface area (Å²) < 4.78 is 6.62. The van der Waals surface area contributed by atoms with Crippen LogP contribution in [0.1, 0.15) is 0 Å². The van der Waals surface area contributed by atoms with Gasteiger partial charge >= 0.3 is 0 Å². The zero-order valence-corrected chi connectivity index (χ0v) is 37.2. The minimum absolute atomic E-state index is 0.890. The van der Waals surface area contributed by atoms with Crippen LogP contribution in [-0.2, 0) is 0 Å². The first kappa shape index (κ1) is 39.4. The van der Waals surface area contributed by atoms with Crippen molar-refractivity contribution in [2.24, 2.45) is 0 Å². The first-order chi connectivity index (χ1) is 33.8. The van der Waals surface area contributed by atoms with Gasteiger partial charge in [0.25, 0.3) is 0 Å². The van der Waals surface area contributed by atoms with E-state index in [1.165, 1.54) is 60.3 Å². The number of benzene rings is 12. The average Bonchev–Trinajstić information content (AvgIpc) is 3.80. The lowest BCUT2D eigenvalue weighted by atomic mass is 9.84. The van der Waals surface area contributed by atoms with E-state index in [-0.39, 0.29) is 0 Å². The van der Waals surface area contributed by atoms with Crippen LogP contribution in [0.25, 0.3) is 110 Å². The molecule has 0 saturated heterocycles. The van der Waals surface area contributed by atoms with Crippen molar-refractivity contribution in [3.05, 3.63) is 261 Å². The number of hydrogen-bond donors (Lipinski definition) is 0. The van der Waals surface area contributed by atoms with Gasteiger partial charge in [-0.3, -0.25) is 0 Å². The third kappa shape index (κ3) is 6.57. The van der Waals surface area contributed by atoms with Gasteiger partial charge in [0.05, 0.1) is 11.4 Å². The van der Waals surface area contributed by atoms with Gasteiger partial charge in [-0.05, 0) is 108 Å². The van der Waals surface area contributed by atoms with Crippen molar-refractivity contribution in [1.82, 2.24) is 0 Å². The summed E-state index contributed by atoms with van der Waals surface area (Å²) in [6.07, 6.45) is 0. The standard InChI is InChI=1S/C66H43NO/c1-4-20-44(21-5-1)50-40-41-62(56-31-12-10-29-53(50)56)67(49-27-18-26-47(42-49)52-34-19-35-59-57-32-15-17-37-63(57)68-66(52)59)61-36-16-14-28-51(61)48-38-39-55-54-30-11-13-33-58(54)64(45-22-6-2-7-23-45)65(60(55)43-48)46-24-8-3-9-25-46/h1-43H. The molecule has 1 heterocycles. The molecule has 0 atom stereocenters. The molecule has 13 rings (SSSR count). The Hall–Kier alpha value is -8.98. The molecule has 0 fully saturated rings. The molecular weight excluding hydrogens is 823 g/mol. The summed E-state index contributed by atoms with van der Waals surface area (Å²) in [6.45, 7) is 0. The number of furan rings is 1. The lowest BCUT2D eigenvalue weighted by molar-refractivity contribution is 0.670. The van der Waals surface area contributed by atoms with Crippen LogP contribution >= 0.6 is 0 Å². The molecule has 0 aliphatic carbocycles. The first-order valence-corrected chi connectivity index (χ1v) is 23.3. The average molecular weight is 866 g/mol. The van der Waals surface area contributed by atoms with Gasteiger partial charge in [-0.1, -0.05) is 224 Å². The zero-order chi connectivity index (χ0) is 45.0. The van der Waals surface area contributed by atoms with Gasteiger partial charge < -0.3 is 9.32 Å². The van der Waals surface area contributed by atoms with Gasteiger partial charge in [-0.2, -0.15) is 0 Å². The predicted molar refractivity (Wildman–Crippen MR) is 288 cm³/mol. The molecule has 68 heavy (non-hydrogen) atoms. The number of para-hydroxylation sites is 3. The number of rotatable bonds is 8. The molecule has 1 aromatic heterocycles. The summed E-state index contributed by atoms with van der Waals surface area (Å²) in [4.78, 5) is 2.47. The number of nitrogens with zero attached hydrogens (tertiary/aromatic N) is 1. The third-order valence-electron chi connectivity index (χ3n) is 13.7. The maximum atomic E-state index is 6.62. The normalized spacial score (nSPS) is 11.5. The highest BCUT2D eigenvalue weighted by molar-refractivity contribution is 6.22. The highest BCUT2D eigenvalue weighted by Gasteiger charge is 2.24. The van der Waals surface area contributed by atoms with Gasteiger partial charge in [-0.15, -0.1) is 0 Å². The minimum Gasteiger partial charge on any atom is -0.455 e. The van der Waals surface area contributed by atoms with Crippen molar-refractivity contribution in [2.75, 3.05) is 4.90 Å². The molecule has 0 radical (unpaired) electrons. The van der Waals surface area contributed by atoms with Gasteiger partial charge in [0.2, 0.25) is 0 Å². The fraction of sp³-hybridized carbons (Fsp3) is 0. The molecule has 0 unspecified atom stereocenters. The van der Waals surface area contributed by atoms with E-state index in [0.717, 1.165) is 66.6 Å². The molecule has 318 valence electrons. The van der Waals surface area contributed by atoms with Crippen molar-refractivity contribution in [1.29, 1.82) is 0 Å². The highest BCUT2D eigenvalue weighted by atomic mass is 16.3. The summed E-state index contributed by atoms with van der Waals surface area (Å²) in [7, 11) is 0. The summed E-state index contributed by atoms with van der Waals surface area (Å²) in [5, 5.41) is 9.52. The molecule has 13 aromatic rings. The largest absolute Gasteiger partial charge is 0.455 e. The van der Waals surface area contributed by atoms with Crippen molar-refractivity contribution >= 4 is 71.3 Å². The van der Waals surface area contributed by atoms with Crippen LogP contribution in [0.3, 0.4) is 0 Å². The van der Waals surface area contributed by atoms with Crippen LogP contribution in [-0.4, -0.2) is 0 Å². The number of anilines is 3. The van der Waals surface area contributed by atoms with Crippen LogP contribution in [0, 0.1) is 0 Å². The molecule has 0 amide bonds. The Morgan fingerprint density at radius 3 is 1.54 bits per heavy atom. The van der Waals surface area contributed by atoms with Crippen molar-refractivity contribution in [2.45, 2.75) is 0 Å². The summed E-state index contributed by atoms with van der Waals surface area (Å²) in [6, 6.07) is 94.6. The van der Waals surface area contributed by atoms with E-state index in [0.29, 0.717) is 0 Å². The van der Waals surface area contributed by atoms with E-state index in [1.54, 1.807) is 0 Å². The Bertz CT molecular complexity index is 4020. The third-order valence-corrected chi connectivity index (χ3v) is 13.7. The molecule has 0 aliphatic rings. The van der Waals surface area contributed by atoms with Crippen LogP contribution in [0.15, 0.2) is 265 Å². The van der Waals surface area contributed by atoms with Gasteiger partial charge in [0, 0.05) is 33.0 Å². The molecule has 2 nitrogen and oxygen atoms in total. The second-order valence-electron chi connectivity index (χ2n) is 17.5. The molecule has 0 saturated carbocycles. The molecule has 2 heteroatoms. The quantitative estimate of drug-likeness (QED) is 0.142. The molecule has 0 spiro atoms. The Balaban J connectivity index is 1.07. The van der Waals surface area contributed by atoms with Crippen LogP contribution < -0.4 is 4.90 Å². The maximum Gasteiger partial charge on any atom is 0.143 e. The predicted octanol–water partition coefficient (Wildman–Crippen LogP) is 18.9. The number of fused-ring (bicyclic) bond motifs is 7. The Labute approximate surface area is 395 Å². The van der Waals surface area contributed by atoms with Gasteiger partial charge in [0.1, 0.15) is 11.2 Å². The molecule has 0 N–H and O–H groups in total. The summed E-state index contributed by atoms with van der Waals surface area (Å²) in [5.41, 5.74) is 16.7. The lowest BCUT2D eigenvalue weighted by Gasteiger charge is -2.30. The molecular formula is C66H43NO. The topological polar surface area (TPSA) is 16.4 Å². The van der Waals surface area contributed by atoms with Gasteiger partial charge in [0.15, 0.2) is 0 Å². The maximum absolute atomic E-state index is 6.62. The second kappa shape index (κ2) is 16.5. The molecule has 0 bridgehead atoms. The molecule has 12 aromatic carbocycles. The van der Waals surface area contributed by atoms with Crippen LogP contribution in [0.4, 0.5) is 17.1 Å². The van der Waals surface area contributed by atoms with Crippen molar-refractivity contribution in [3.63, 3.8) is 0 Å². The van der Waals surface area contributed by atoms with E-state index < -0.39 is 0 Å². The lowest BCUT2D eigenvalue weighted by Crippen LogP contribution is -2.12. The van der Waals surface area contributed by atoms with E-state index in [4.69, 9.17) is 4.42 Å². The number of hydrogen-bond acceptors (Lipinski definition) is 2. The second-order valence-corrected chi connectivity index (χ2v) is 17.5. The Kier molecular flexibility index (Phi) is 9.54. The van der Waals surface area contributed by atoms with E-state index >= 15 is 0 Å². The Morgan fingerprint density at radius 1 is 0.250 bits per heavy atom. The monoisotopic (exact) mass is 865 g/mol. The van der Waals surface area contributed by atoms with E-state index in [1.807, 2.05) is 6.07 Å². The van der Waals surface area contributed by atoms with E-state index in [2.05, 4.69) is 260 Å². The SMILES string of the molecule is c1ccc(-c2ccc(N(c3cccc(-c4cccc5c4oc4ccccc45)c3)c3ccccc3-c3ccc4c(c3)c(-c3ccccc3)c(-c3ccccc3)c3ccccc34)c3ccccc23)cc1. The molecule has 0 aliphatic heterocycles. The summed E-state index contributed by atoms with van der Waals surface area (Å²) in [5.74, 6) is 0. The van der Waals surface area contributed by atoms with Crippen molar-refractivity contribution in [3.8, 4) is 55.6 Å². The van der Waals surface area contributed by atoms with Gasteiger partial charge in [-0.25, -0.2) is 0 Å². The minimum atomic E-state index is 0.890. The zero-order valence-electron chi connectivity index (χ0n) is 37.2. The van der Waals surface area contributed by atoms with Crippen LogP contribution in [0.5, 0.6) is 0 Å². The first-order valence-electron chi connectivity index (χ1n) is 23.3. The highest BCUT2D eigenvalue weighted by Crippen LogP contribution is 2.49. The fourth-order valence-electron chi connectivity index (χ4n) is 10.6. The smallest absolute Gasteiger partial charge is 0.143 e. The van der Waals surface area contributed by atoms with Crippen LogP contribution in [0.2, 0.25) is 0 Å².